The molecule has 28 heavy (non-hydrogen) atoms. The van der Waals surface area contributed by atoms with Gasteiger partial charge in [-0.15, -0.1) is 0 Å². The highest BCUT2D eigenvalue weighted by molar-refractivity contribution is 7.90. The summed E-state index contributed by atoms with van der Waals surface area (Å²) in [5, 5.41) is 0.617. The molecule has 4 aromatic rings. The van der Waals surface area contributed by atoms with Gasteiger partial charge in [0.25, 0.3) is 0 Å². The SMILES string of the molecule is CS(=O)(=O)c1ccc(-c2oc3cc(F)ccc3c(=S)c2-c2cccnc2)cc1. The Bertz CT molecular complexity index is 1350. The van der Waals surface area contributed by atoms with E-state index < -0.39 is 15.7 Å². The van der Waals surface area contributed by atoms with Crippen LogP contribution in [0.15, 0.2) is 76.3 Å². The summed E-state index contributed by atoms with van der Waals surface area (Å²) < 4.78 is 43.8. The predicted molar refractivity (Wildman–Crippen MR) is 109 cm³/mol. The van der Waals surface area contributed by atoms with Gasteiger partial charge in [-0.25, -0.2) is 12.8 Å². The average Bonchev–Trinajstić information content (AvgIpc) is 2.67. The molecule has 7 heteroatoms. The van der Waals surface area contributed by atoms with Crippen molar-refractivity contribution in [1.29, 1.82) is 0 Å². The molecule has 0 bridgehead atoms. The van der Waals surface area contributed by atoms with Gasteiger partial charge in [-0.05, 0) is 42.5 Å². The third-order valence-corrected chi connectivity index (χ3v) is 5.90. The van der Waals surface area contributed by atoms with Crippen LogP contribution in [0.4, 0.5) is 4.39 Å². The topological polar surface area (TPSA) is 60.2 Å². The van der Waals surface area contributed by atoms with E-state index in [0.29, 0.717) is 32.4 Å². The van der Waals surface area contributed by atoms with Gasteiger partial charge in [0.15, 0.2) is 9.84 Å². The van der Waals surface area contributed by atoms with Crippen LogP contribution in [0.2, 0.25) is 0 Å². The zero-order valence-electron chi connectivity index (χ0n) is 14.7. The van der Waals surface area contributed by atoms with Crippen LogP contribution in [0.3, 0.4) is 0 Å². The minimum atomic E-state index is -3.32. The number of aromatic nitrogens is 1. The van der Waals surface area contributed by atoms with Crippen molar-refractivity contribution >= 4 is 33.0 Å². The van der Waals surface area contributed by atoms with Crippen LogP contribution in [-0.2, 0) is 9.84 Å². The van der Waals surface area contributed by atoms with Gasteiger partial charge in [-0.1, -0.05) is 18.3 Å². The zero-order chi connectivity index (χ0) is 19.9. The number of nitrogens with zero attached hydrogens (tertiary/aromatic N) is 1. The monoisotopic (exact) mass is 411 g/mol. The van der Waals surface area contributed by atoms with Crippen molar-refractivity contribution < 1.29 is 17.2 Å². The van der Waals surface area contributed by atoms with Crippen LogP contribution in [0.25, 0.3) is 33.4 Å². The highest BCUT2D eigenvalue weighted by Crippen LogP contribution is 2.37. The first-order valence-corrected chi connectivity index (χ1v) is 10.6. The predicted octanol–water partition coefficient (Wildman–Crippen LogP) is 5.43. The highest BCUT2D eigenvalue weighted by atomic mass is 32.2. The van der Waals surface area contributed by atoms with Crippen molar-refractivity contribution in [3.63, 3.8) is 0 Å². The molecule has 0 aliphatic carbocycles. The molecule has 4 nitrogen and oxygen atoms in total. The molecular formula is C21H14FNO3S2. The molecule has 0 N–H and O–H groups in total. The van der Waals surface area contributed by atoms with E-state index in [1.807, 2.05) is 6.07 Å². The van der Waals surface area contributed by atoms with E-state index in [1.54, 1.807) is 36.7 Å². The second kappa shape index (κ2) is 6.92. The summed E-state index contributed by atoms with van der Waals surface area (Å²) in [6.07, 6.45) is 4.47. The van der Waals surface area contributed by atoms with Crippen LogP contribution in [0.5, 0.6) is 0 Å². The van der Waals surface area contributed by atoms with E-state index in [-0.39, 0.29) is 4.90 Å². The fraction of sp³-hybridized carbons (Fsp3) is 0.0476. The molecule has 0 aliphatic heterocycles. The molecule has 0 atom stereocenters. The number of hydrogen-bond donors (Lipinski definition) is 0. The smallest absolute Gasteiger partial charge is 0.175 e. The maximum absolute atomic E-state index is 13.7. The molecule has 0 saturated heterocycles. The standard InChI is InChI=1S/C21H14FNO3S2/c1-28(24,25)16-7-4-13(5-8-16)20-19(14-3-2-10-23-12-14)21(27)17-9-6-15(22)11-18(17)26-20/h2-12H,1H3. The van der Waals surface area contributed by atoms with Crippen LogP contribution in [0.1, 0.15) is 0 Å². The van der Waals surface area contributed by atoms with Crippen molar-refractivity contribution in [2.45, 2.75) is 4.90 Å². The molecule has 0 radical (unpaired) electrons. The summed E-state index contributed by atoms with van der Waals surface area (Å²) in [6, 6.07) is 14.2. The molecule has 2 heterocycles. The van der Waals surface area contributed by atoms with Crippen LogP contribution in [0, 0.1) is 10.3 Å². The van der Waals surface area contributed by atoms with Crippen LogP contribution < -0.4 is 0 Å². The fourth-order valence-electron chi connectivity index (χ4n) is 3.00. The van der Waals surface area contributed by atoms with Gasteiger partial charge < -0.3 is 4.42 Å². The number of fused-ring (bicyclic) bond motifs is 1. The summed E-state index contributed by atoms with van der Waals surface area (Å²) in [5.74, 6) is -0.00527. The van der Waals surface area contributed by atoms with Crippen molar-refractivity contribution in [3.8, 4) is 22.5 Å². The first-order valence-electron chi connectivity index (χ1n) is 8.32. The van der Waals surface area contributed by atoms with Crippen molar-refractivity contribution in [1.82, 2.24) is 4.98 Å². The summed E-state index contributed by atoms with van der Waals surface area (Å²) in [4.78, 5) is 4.35. The minimum absolute atomic E-state index is 0.199. The van der Waals surface area contributed by atoms with E-state index in [0.717, 1.165) is 11.8 Å². The number of sulfone groups is 1. The number of rotatable bonds is 3. The number of benzene rings is 2. The molecular weight excluding hydrogens is 397 g/mol. The van der Waals surface area contributed by atoms with Gasteiger partial charge in [0.1, 0.15) is 17.2 Å². The lowest BCUT2D eigenvalue weighted by Gasteiger charge is -2.12. The van der Waals surface area contributed by atoms with Gasteiger partial charge in [0.05, 0.1) is 9.41 Å². The average molecular weight is 411 g/mol. The maximum atomic E-state index is 13.7. The molecule has 2 aromatic carbocycles. The first kappa shape index (κ1) is 18.5. The van der Waals surface area contributed by atoms with E-state index >= 15 is 0 Å². The van der Waals surface area contributed by atoms with Gasteiger partial charge in [-0.2, -0.15) is 0 Å². The van der Waals surface area contributed by atoms with E-state index in [1.165, 1.54) is 24.3 Å². The third kappa shape index (κ3) is 3.34. The van der Waals surface area contributed by atoms with Gasteiger partial charge in [0, 0.05) is 46.8 Å². The third-order valence-electron chi connectivity index (χ3n) is 4.35. The fourth-order valence-corrected chi connectivity index (χ4v) is 4.01. The first-order chi connectivity index (χ1) is 13.3. The molecule has 140 valence electrons. The Morgan fingerprint density at radius 3 is 2.43 bits per heavy atom. The summed E-state index contributed by atoms with van der Waals surface area (Å²) >= 11 is 5.69. The van der Waals surface area contributed by atoms with E-state index in [9.17, 15) is 12.8 Å². The van der Waals surface area contributed by atoms with E-state index in [2.05, 4.69) is 4.98 Å². The Balaban J connectivity index is 2.05. The normalized spacial score (nSPS) is 11.6. The Kier molecular flexibility index (Phi) is 4.56. The van der Waals surface area contributed by atoms with Crippen molar-refractivity contribution in [2.24, 2.45) is 0 Å². The van der Waals surface area contributed by atoms with Gasteiger partial charge in [-0.3, -0.25) is 4.98 Å². The largest absolute Gasteiger partial charge is 0.455 e. The summed E-state index contributed by atoms with van der Waals surface area (Å²) in [5.41, 5.74) is 2.35. The molecule has 0 fully saturated rings. The lowest BCUT2D eigenvalue weighted by Crippen LogP contribution is -1.96. The molecule has 0 saturated carbocycles. The molecule has 4 rings (SSSR count). The van der Waals surface area contributed by atoms with Gasteiger partial charge >= 0.3 is 0 Å². The molecule has 0 spiro atoms. The highest BCUT2D eigenvalue weighted by Gasteiger charge is 2.17. The molecule has 0 aliphatic rings. The second-order valence-corrected chi connectivity index (χ2v) is 8.74. The van der Waals surface area contributed by atoms with Crippen LogP contribution >= 0.6 is 12.2 Å². The quantitative estimate of drug-likeness (QED) is 0.421. The summed E-state index contributed by atoms with van der Waals surface area (Å²) in [6.45, 7) is 0. The maximum Gasteiger partial charge on any atom is 0.175 e. The minimum Gasteiger partial charge on any atom is -0.455 e. The Hall–Kier alpha value is -2.90. The number of pyridine rings is 1. The van der Waals surface area contributed by atoms with Crippen LogP contribution in [-0.4, -0.2) is 19.7 Å². The Morgan fingerprint density at radius 2 is 1.79 bits per heavy atom. The zero-order valence-corrected chi connectivity index (χ0v) is 16.4. The summed E-state index contributed by atoms with van der Waals surface area (Å²) in [7, 11) is -3.32. The van der Waals surface area contributed by atoms with Crippen molar-refractivity contribution in [3.05, 3.63) is 77.3 Å². The Morgan fingerprint density at radius 1 is 1.04 bits per heavy atom. The van der Waals surface area contributed by atoms with Crippen molar-refractivity contribution in [2.75, 3.05) is 6.26 Å². The molecule has 0 unspecified atom stereocenters. The lowest BCUT2D eigenvalue weighted by atomic mass is 10.00. The van der Waals surface area contributed by atoms with E-state index in [4.69, 9.17) is 16.6 Å². The Labute approximate surface area is 166 Å². The second-order valence-electron chi connectivity index (χ2n) is 6.31. The molecule has 2 aromatic heterocycles. The van der Waals surface area contributed by atoms with Gasteiger partial charge in [0.2, 0.25) is 0 Å². The number of halogens is 1. The number of hydrogen-bond acceptors (Lipinski definition) is 5. The lowest BCUT2D eigenvalue weighted by molar-refractivity contribution is 0.598. The molecule has 0 amide bonds.